The zero-order valence-corrected chi connectivity index (χ0v) is 11.5. The number of hydrogen-bond donors (Lipinski definition) is 2. The first-order valence-electron chi connectivity index (χ1n) is 6.40. The molecule has 0 radical (unpaired) electrons. The fraction of sp³-hybridized carbons (Fsp3) is 0.533. The molecule has 0 aliphatic heterocycles. The third-order valence-corrected chi connectivity index (χ3v) is 1.81. The van der Waals surface area contributed by atoms with Gasteiger partial charge in [0.05, 0.1) is 0 Å². The summed E-state index contributed by atoms with van der Waals surface area (Å²) in [4.78, 5) is 9.00. The molecule has 0 bridgehead atoms. The first kappa shape index (κ1) is 19.0. The summed E-state index contributed by atoms with van der Waals surface area (Å²) in [7, 11) is 0. The van der Waals surface area contributed by atoms with Gasteiger partial charge < -0.3 is 10.2 Å². The lowest BCUT2D eigenvalue weighted by Crippen LogP contribution is -1.78. The quantitative estimate of drug-likeness (QED) is 0.513. The van der Waals surface area contributed by atoms with Gasteiger partial charge in [-0.25, -0.2) is 0 Å². The van der Waals surface area contributed by atoms with Crippen molar-refractivity contribution < 1.29 is 15.0 Å². The van der Waals surface area contributed by atoms with Crippen LogP contribution in [0.3, 0.4) is 0 Å². The maximum absolute atomic E-state index is 9.00. The van der Waals surface area contributed by atoms with E-state index in [9.17, 15) is 0 Å². The van der Waals surface area contributed by atoms with Crippen LogP contribution in [0.2, 0.25) is 0 Å². The molecule has 3 heteroatoms. The van der Waals surface area contributed by atoms with Crippen molar-refractivity contribution >= 4 is 5.97 Å². The van der Waals surface area contributed by atoms with Crippen molar-refractivity contribution in [1.29, 1.82) is 0 Å². The number of hydrogen-bond acceptors (Lipinski definition) is 2. The number of aliphatic hydroxyl groups excluding tert-OH is 1. The summed E-state index contributed by atoms with van der Waals surface area (Å²) in [5.41, 5.74) is 0. The van der Waals surface area contributed by atoms with Crippen LogP contribution in [-0.2, 0) is 4.79 Å². The van der Waals surface area contributed by atoms with Crippen LogP contribution in [0.4, 0.5) is 0 Å². The number of aliphatic hydroxyl groups is 1. The van der Waals surface area contributed by atoms with Gasteiger partial charge in [0.25, 0.3) is 5.97 Å². The number of aliphatic carboxylic acids is 1. The third-order valence-electron chi connectivity index (χ3n) is 1.81. The third kappa shape index (κ3) is 29.3. The Hall–Kier alpha value is -1.35. The molecule has 0 aliphatic carbocycles. The maximum atomic E-state index is 9.00. The standard InChI is InChI=1S/C13H22O.C2H4O2/c1-2-3-4-5-6-7-8-9-10-11-12-13-14;1-2(3)4/h3-4,6-7,9-10,14H,2,5,8,11-13H2,1H3;1H3,(H,3,4). The Kier molecular flexibility index (Phi) is 19.0. The summed E-state index contributed by atoms with van der Waals surface area (Å²) < 4.78 is 0. The molecule has 0 unspecified atom stereocenters. The number of carboxylic acids is 1. The zero-order chi connectivity index (χ0) is 14.1. The molecule has 104 valence electrons. The Morgan fingerprint density at radius 1 is 1.00 bits per heavy atom. The van der Waals surface area contributed by atoms with Gasteiger partial charge in [0, 0.05) is 13.5 Å². The second kappa shape index (κ2) is 18.0. The van der Waals surface area contributed by atoms with Crippen molar-refractivity contribution in [3.05, 3.63) is 36.5 Å². The van der Waals surface area contributed by atoms with Gasteiger partial charge in [-0.1, -0.05) is 43.4 Å². The molecule has 18 heavy (non-hydrogen) atoms. The number of rotatable bonds is 8. The zero-order valence-electron chi connectivity index (χ0n) is 11.5. The predicted octanol–water partition coefficient (Wildman–Crippen LogP) is 3.71. The summed E-state index contributed by atoms with van der Waals surface area (Å²) >= 11 is 0. The predicted molar refractivity (Wildman–Crippen MR) is 76.6 cm³/mol. The maximum Gasteiger partial charge on any atom is 0.300 e. The van der Waals surface area contributed by atoms with Crippen LogP contribution >= 0.6 is 0 Å². The summed E-state index contributed by atoms with van der Waals surface area (Å²) in [5, 5.41) is 16.0. The molecule has 0 aromatic heterocycles. The van der Waals surface area contributed by atoms with E-state index in [1.807, 2.05) is 0 Å². The molecule has 0 saturated carbocycles. The van der Waals surface area contributed by atoms with Crippen molar-refractivity contribution in [2.75, 3.05) is 6.61 Å². The second-order valence-corrected chi connectivity index (χ2v) is 3.68. The van der Waals surface area contributed by atoms with Gasteiger partial charge in [-0.05, 0) is 32.1 Å². The van der Waals surface area contributed by atoms with Crippen LogP contribution < -0.4 is 0 Å². The molecule has 0 atom stereocenters. The van der Waals surface area contributed by atoms with E-state index in [1.165, 1.54) is 0 Å². The molecular weight excluding hydrogens is 228 g/mol. The smallest absolute Gasteiger partial charge is 0.300 e. The average Bonchev–Trinajstić information content (AvgIpc) is 2.31. The number of allylic oxidation sites excluding steroid dienone is 6. The molecule has 0 aromatic carbocycles. The van der Waals surface area contributed by atoms with Crippen molar-refractivity contribution in [2.24, 2.45) is 0 Å². The van der Waals surface area contributed by atoms with Gasteiger partial charge in [0.1, 0.15) is 0 Å². The molecule has 0 amide bonds. The van der Waals surface area contributed by atoms with Gasteiger partial charge >= 0.3 is 0 Å². The highest BCUT2D eigenvalue weighted by Crippen LogP contribution is 1.94. The lowest BCUT2D eigenvalue weighted by molar-refractivity contribution is -0.134. The van der Waals surface area contributed by atoms with Gasteiger partial charge in [-0.3, -0.25) is 4.79 Å². The van der Waals surface area contributed by atoms with E-state index in [-0.39, 0.29) is 0 Å². The van der Waals surface area contributed by atoms with Gasteiger partial charge in [-0.15, -0.1) is 0 Å². The molecule has 0 saturated heterocycles. The molecule has 0 aromatic rings. The van der Waals surface area contributed by atoms with Crippen LogP contribution in [0.25, 0.3) is 0 Å². The van der Waals surface area contributed by atoms with E-state index in [0.717, 1.165) is 39.0 Å². The lowest BCUT2D eigenvalue weighted by Gasteiger charge is -1.87. The van der Waals surface area contributed by atoms with Crippen molar-refractivity contribution in [3.63, 3.8) is 0 Å². The largest absolute Gasteiger partial charge is 0.481 e. The first-order valence-corrected chi connectivity index (χ1v) is 6.40. The first-order chi connectivity index (χ1) is 8.65. The van der Waals surface area contributed by atoms with Crippen LogP contribution in [-0.4, -0.2) is 22.8 Å². The Morgan fingerprint density at radius 3 is 1.89 bits per heavy atom. The van der Waals surface area contributed by atoms with Gasteiger partial charge in [-0.2, -0.15) is 0 Å². The fourth-order valence-corrected chi connectivity index (χ4v) is 1.04. The topological polar surface area (TPSA) is 57.5 Å². The molecule has 0 fully saturated rings. The van der Waals surface area contributed by atoms with Crippen LogP contribution in [0.5, 0.6) is 0 Å². The normalized spacial score (nSPS) is 11.1. The van der Waals surface area contributed by atoms with E-state index in [2.05, 4.69) is 43.4 Å². The van der Waals surface area contributed by atoms with E-state index < -0.39 is 5.97 Å². The molecular formula is C15H26O3. The molecule has 0 rings (SSSR count). The molecule has 0 aliphatic rings. The highest BCUT2D eigenvalue weighted by Gasteiger charge is 1.77. The fourth-order valence-electron chi connectivity index (χ4n) is 1.04. The molecule has 3 nitrogen and oxygen atoms in total. The van der Waals surface area contributed by atoms with Crippen LogP contribution in [0, 0.1) is 0 Å². The second-order valence-electron chi connectivity index (χ2n) is 3.68. The minimum atomic E-state index is -0.833. The molecule has 0 spiro atoms. The van der Waals surface area contributed by atoms with Gasteiger partial charge in [0.15, 0.2) is 0 Å². The van der Waals surface area contributed by atoms with Crippen LogP contribution in [0.15, 0.2) is 36.5 Å². The van der Waals surface area contributed by atoms with Crippen molar-refractivity contribution in [1.82, 2.24) is 0 Å². The number of carboxylic acid groups (broad SMARTS) is 1. The number of carbonyl (C=O) groups is 1. The van der Waals surface area contributed by atoms with E-state index in [0.29, 0.717) is 6.61 Å². The minimum Gasteiger partial charge on any atom is -0.481 e. The van der Waals surface area contributed by atoms with E-state index in [1.54, 1.807) is 0 Å². The minimum absolute atomic E-state index is 0.294. The SMILES string of the molecule is CC(=O)O.CCC=CCC=CCC=CCCCO. The Balaban J connectivity index is 0. The Bertz CT molecular complexity index is 248. The highest BCUT2D eigenvalue weighted by atomic mass is 16.4. The molecule has 0 heterocycles. The van der Waals surface area contributed by atoms with E-state index >= 15 is 0 Å². The summed E-state index contributed by atoms with van der Waals surface area (Å²) in [5.74, 6) is -0.833. The van der Waals surface area contributed by atoms with Gasteiger partial charge in [0.2, 0.25) is 0 Å². The monoisotopic (exact) mass is 254 g/mol. The summed E-state index contributed by atoms with van der Waals surface area (Å²) in [6, 6.07) is 0. The highest BCUT2D eigenvalue weighted by molar-refractivity contribution is 5.62. The Labute approximate surface area is 111 Å². The van der Waals surface area contributed by atoms with E-state index in [4.69, 9.17) is 15.0 Å². The van der Waals surface area contributed by atoms with Crippen molar-refractivity contribution in [2.45, 2.75) is 46.0 Å². The Morgan fingerprint density at radius 2 is 1.44 bits per heavy atom. The van der Waals surface area contributed by atoms with Crippen LogP contribution in [0.1, 0.15) is 46.0 Å². The summed E-state index contributed by atoms with van der Waals surface area (Å²) in [6.07, 6.45) is 18.0. The lowest BCUT2D eigenvalue weighted by atomic mass is 10.2. The van der Waals surface area contributed by atoms with Crippen molar-refractivity contribution in [3.8, 4) is 0 Å². The average molecular weight is 254 g/mol. The summed E-state index contributed by atoms with van der Waals surface area (Å²) in [6.45, 7) is 3.52. The number of unbranched alkanes of at least 4 members (excludes halogenated alkanes) is 1. The molecule has 2 N–H and O–H groups in total.